The molecular formula is C15H18O5. The average Bonchev–Trinajstić information content (AvgIpc) is 2.42. The molecule has 1 aromatic carbocycles. The van der Waals surface area contributed by atoms with Crippen LogP contribution < -0.4 is 9.47 Å². The molecule has 0 unspecified atom stereocenters. The summed E-state index contributed by atoms with van der Waals surface area (Å²) in [6.45, 7) is 0.336. The van der Waals surface area contributed by atoms with Gasteiger partial charge >= 0.3 is 5.97 Å². The molecule has 0 atom stereocenters. The van der Waals surface area contributed by atoms with E-state index in [0.29, 0.717) is 36.5 Å². The van der Waals surface area contributed by atoms with Gasteiger partial charge in [-0.3, -0.25) is 9.59 Å². The number of aryl methyl sites for hydroxylation is 1. The summed E-state index contributed by atoms with van der Waals surface area (Å²) in [4.78, 5) is 22.4. The third-order valence-electron chi connectivity index (χ3n) is 3.31. The SMILES string of the molecule is COc1cc(OCCCC(=O)O)cc2c1C(=O)CCC2. The second-order valence-corrected chi connectivity index (χ2v) is 4.78. The van der Waals surface area contributed by atoms with Crippen molar-refractivity contribution in [2.45, 2.75) is 32.1 Å². The first-order valence-electron chi connectivity index (χ1n) is 6.70. The Balaban J connectivity index is 2.11. The minimum absolute atomic E-state index is 0.0839. The number of fused-ring (bicyclic) bond motifs is 1. The van der Waals surface area contributed by atoms with Gasteiger partial charge in [-0.2, -0.15) is 0 Å². The summed E-state index contributed by atoms with van der Waals surface area (Å²) < 4.78 is 10.8. The molecule has 0 fully saturated rings. The van der Waals surface area contributed by atoms with Crippen molar-refractivity contribution in [3.63, 3.8) is 0 Å². The Kier molecular flexibility index (Phi) is 4.61. The van der Waals surface area contributed by atoms with Crippen LogP contribution in [-0.2, 0) is 11.2 Å². The highest BCUT2D eigenvalue weighted by molar-refractivity contribution is 6.01. The highest BCUT2D eigenvalue weighted by Crippen LogP contribution is 2.34. The van der Waals surface area contributed by atoms with Crippen LogP contribution in [0.4, 0.5) is 0 Å². The van der Waals surface area contributed by atoms with Crippen molar-refractivity contribution in [2.75, 3.05) is 13.7 Å². The number of carboxylic acid groups (broad SMARTS) is 1. The van der Waals surface area contributed by atoms with E-state index in [1.54, 1.807) is 6.07 Å². The fraction of sp³-hybridized carbons (Fsp3) is 0.467. The molecule has 20 heavy (non-hydrogen) atoms. The normalized spacial score (nSPS) is 13.8. The number of carbonyl (C=O) groups is 2. The largest absolute Gasteiger partial charge is 0.496 e. The lowest BCUT2D eigenvalue weighted by Gasteiger charge is -2.19. The van der Waals surface area contributed by atoms with Gasteiger partial charge in [0.2, 0.25) is 0 Å². The number of Topliss-reactive ketones (excluding diaryl/α,β-unsaturated/α-hetero) is 1. The molecule has 0 bridgehead atoms. The smallest absolute Gasteiger partial charge is 0.303 e. The van der Waals surface area contributed by atoms with Crippen molar-refractivity contribution < 1.29 is 24.2 Å². The van der Waals surface area contributed by atoms with Crippen molar-refractivity contribution in [2.24, 2.45) is 0 Å². The summed E-state index contributed by atoms with van der Waals surface area (Å²) in [5.74, 6) is 0.448. The lowest BCUT2D eigenvalue weighted by Crippen LogP contribution is -2.13. The number of benzene rings is 1. The Morgan fingerprint density at radius 1 is 1.35 bits per heavy atom. The molecule has 0 spiro atoms. The van der Waals surface area contributed by atoms with Gasteiger partial charge in [0, 0.05) is 18.9 Å². The molecule has 1 N–H and O–H groups in total. The highest BCUT2D eigenvalue weighted by Gasteiger charge is 2.22. The molecule has 1 aliphatic carbocycles. The van der Waals surface area contributed by atoms with Crippen LogP contribution in [-0.4, -0.2) is 30.6 Å². The fourth-order valence-electron chi connectivity index (χ4n) is 2.38. The van der Waals surface area contributed by atoms with Gasteiger partial charge in [-0.25, -0.2) is 0 Å². The van der Waals surface area contributed by atoms with Crippen LogP contribution in [0.1, 0.15) is 41.6 Å². The van der Waals surface area contributed by atoms with Crippen molar-refractivity contribution in [3.05, 3.63) is 23.3 Å². The molecule has 0 saturated heterocycles. The Hall–Kier alpha value is -2.04. The van der Waals surface area contributed by atoms with E-state index in [2.05, 4.69) is 0 Å². The van der Waals surface area contributed by atoms with Crippen molar-refractivity contribution in [1.29, 1.82) is 0 Å². The van der Waals surface area contributed by atoms with Gasteiger partial charge in [0.15, 0.2) is 5.78 Å². The van der Waals surface area contributed by atoms with E-state index in [-0.39, 0.29) is 12.2 Å². The van der Waals surface area contributed by atoms with Crippen LogP contribution in [0.2, 0.25) is 0 Å². The van der Waals surface area contributed by atoms with Crippen molar-refractivity contribution >= 4 is 11.8 Å². The van der Waals surface area contributed by atoms with Crippen LogP contribution >= 0.6 is 0 Å². The van der Waals surface area contributed by atoms with Gasteiger partial charge < -0.3 is 14.6 Å². The third-order valence-corrected chi connectivity index (χ3v) is 3.31. The van der Waals surface area contributed by atoms with Gasteiger partial charge in [0.05, 0.1) is 19.3 Å². The van der Waals surface area contributed by atoms with E-state index in [9.17, 15) is 9.59 Å². The number of rotatable bonds is 6. The van der Waals surface area contributed by atoms with Crippen molar-refractivity contribution in [1.82, 2.24) is 0 Å². The molecule has 2 rings (SSSR count). The van der Waals surface area contributed by atoms with E-state index >= 15 is 0 Å². The molecule has 0 aliphatic heterocycles. The third kappa shape index (κ3) is 3.29. The first-order valence-corrected chi connectivity index (χ1v) is 6.70. The Labute approximate surface area is 117 Å². The second kappa shape index (κ2) is 6.41. The quantitative estimate of drug-likeness (QED) is 0.809. The summed E-state index contributed by atoms with van der Waals surface area (Å²) in [7, 11) is 1.53. The average molecular weight is 278 g/mol. The van der Waals surface area contributed by atoms with E-state index in [1.807, 2.05) is 6.07 Å². The molecular weight excluding hydrogens is 260 g/mol. The maximum absolute atomic E-state index is 11.9. The molecule has 0 heterocycles. The minimum atomic E-state index is -0.831. The molecule has 0 radical (unpaired) electrons. The maximum Gasteiger partial charge on any atom is 0.303 e. The predicted octanol–water partition coefficient (Wildman–Crippen LogP) is 2.46. The number of carboxylic acids is 1. The van der Waals surface area contributed by atoms with E-state index in [1.165, 1.54) is 7.11 Å². The summed E-state index contributed by atoms with van der Waals surface area (Å²) >= 11 is 0. The summed E-state index contributed by atoms with van der Waals surface area (Å²) in [5, 5.41) is 8.57. The lowest BCUT2D eigenvalue weighted by molar-refractivity contribution is -0.137. The van der Waals surface area contributed by atoms with E-state index in [4.69, 9.17) is 14.6 Å². The number of aliphatic carboxylic acids is 1. The van der Waals surface area contributed by atoms with Gasteiger partial charge in [-0.15, -0.1) is 0 Å². The first-order chi connectivity index (χ1) is 9.61. The number of methoxy groups -OCH3 is 1. The zero-order chi connectivity index (χ0) is 14.5. The number of ether oxygens (including phenoxy) is 2. The van der Waals surface area contributed by atoms with Crippen LogP contribution in [0.25, 0.3) is 0 Å². The molecule has 108 valence electrons. The summed E-state index contributed by atoms with van der Waals surface area (Å²) in [6.07, 6.45) is 2.78. The zero-order valence-electron chi connectivity index (χ0n) is 11.5. The topological polar surface area (TPSA) is 72.8 Å². The van der Waals surface area contributed by atoms with E-state index in [0.717, 1.165) is 18.4 Å². The first kappa shape index (κ1) is 14.4. The maximum atomic E-state index is 11.9. The molecule has 0 saturated carbocycles. The lowest BCUT2D eigenvalue weighted by atomic mass is 9.90. The van der Waals surface area contributed by atoms with E-state index < -0.39 is 5.97 Å². The van der Waals surface area contributed by atoms with Gasteiger partial charge in [-0.1, -0.05) is 0 Å². The molecule has 5 nitrogen and oxygen atoms in total. The number of hydrogen-bond acceptors (Lipinski definition) is 4. The van der Waals surface area contributed by atoms with Gasteiger partial charge in [0.25, 0.3) is 0 Å². The molecule has 1 aromatic rings. The highest BCUT2D eigenvalue weighted by atomic mass is 16.5. The molecule has 0 amide bonds. The zero-order valence-corrected chi connectivity index (χ0v) is 11.5. The Bertz CT molecular complexity index is 504. The number of carbonyl (C=O) groups excluding carboxylic acids is 1. The monoisotopic (exact) mass is 278 g/mol. The van der Waals surface area contributed by atoms with Gasteiger partial charge in [0.1, 0.15) is 11.5 Å². The summed E-state index contributed by atoms with van der Waals surface area (Å²) in [5.41, 5.74) is 1.62. The van der Waals surface area contributed by atoms with Crippen LogP contribution in [0.5, 0.6) is 11.5 Å². The Morgan fingerprint density at radius 2 is 2.15 bits per heavy atom. The number of hydrogen-bond donors (Lipinski definition) is 1. The predicted molar refractivity (Wildman–Crippen MR) is 72.6 cm³/mol. The van der Waals surface area contributed by atoms with Gasteiger partial charge in [-0.05, 0) is 30.9 Å². The molecule has 5 heteroatoms. The molecule has 1 aliphatic rings. The van der Waals surface area contributed by atoms with Crippen LogP contribution in [0.3, 0.4) is 0 Å². The molecule has 0 aromatic heterocycles. The Morgan fingerprint density at radius 3 is 2.85 bits per heavy atom. The van der Waals surface area contributed by atoms with Crippen LogP contribution in [0.15, 0.2) is 12.1 Å². The van der Waals surface area contributed by atoms with Crippen LogP contribution in [0, 0.1) is 0 Å². The fourth-order valence-corrected chi connectivity index (χ4v) is 2.38. The van der Waals surface area contributed by atoms with Crippen molar-refractivity contribution in [3.8, 4) is 11.5 Å². The summed E-state index contributed by atoms with van der Waals surface area (Å²) in [6, 6.07) is 3.55. The second-order valence-electron chi connectivity index (χ2n) is 4.78. The standard InChI is InChI=1S/C15H18O5/c1-19-13-9-11(20-7-3-6-14(17)18)8-10-4-2-5-12(16)15(10)13/h8-9H,2-7H2,1H3,(H,17,18). The minimum Gasteiger partial charge on any atom is -0.496 e. The number of ketones is 1.